The van der Waals surface area contributed by atoms with Crippen LogP contribution >= 0.6 is 0 Å². The molecule has 2 aromatic rings. The van der Waals surface area contributed by atoms with Gasteiger partial charge in [0.1, 0.15) is 0 Å². The lowest BCUT2D eigenvalue weighted by Crippen LogP contribution is -2.56. The van der Waals surface area contributed by atoms with Crippen LogP contribution in [0.4, 0.5) is 31.1 Å². The summed E-state index contributed by atoms with van der Waals surface area (Å²) >= 11 is 0. The van der Waals surface area contributed by atoms with E-state index in [9.17, 15) is 35.9 Å². The Morgan fingerprint density at radius 1 is 0.935 bits per heavy atom. The molecule has 2 aromatic carbocycles. The van der Waals surface area contributed by atoms with Crippen molar-refractivity contribution in [3.8, 4) is 0 Å². The van der Waals surface area contributed by atoms with E-state index in [1.807, 2.05) is 0 Å². The highest BCUT2D eigenvalue weighted by atomic mass is 19.4. The van der Waals surface area contributed by atoms with Gasteiger partial charge >= 0.3 is 18.4 Å². The number of carbonyl (C=O) groups excluding carboxylic acids is 2. The molecular weight excluding hydrogens is 428 g/mol. The molecule has 1 saturated heterocycles. The van der Waals surface area contributed by atoms with Crippen molar-refractivity contribution in [3.63, 3.8) is 0 Å². The minimum absolute atomic E-state index is 0.000444. The third-order valence-corrected chi connectivity index (χ3v) is 4.85. The number of halogens is 6. The molecule has 1 N–H and O–H groups in total. The summed E-state index contributed by atoms with van der Waals surface area (Å²) in [6.07, 6.45) is -9.59. The van der Waals surface area contributed by atoms with Crippen LogP contribution in [-0.2, 0) is 23.1 Å². The van der Waals surface area contributed by atoms with Gasteiger partial charge in [0, 0.05) is 6.54 Å². The van der Waals surface area contributed by atoms with Crippen LogP contribution in [0.2, 0.25) is 0 Å². The van der Waals surface area contributed by atoms with Gasteiger partial charge < -0.3 is 5.32 Å². The molecule has 0 aliphatic carbocycles. The number of amides is 3. The molecule has 0 aromatic heterocycles. The van der Waals surface area contributed by atoms with Crippen LogP contribution in [0.5, 0.6) is 0 Å². The second-order valence-corrected chi connectivity index (χ2v) is 7.13. The molecule has 3 rings (SSSR count). The summed E-state index contributed by atoms with van der Waals surface area (Å²) in [6.45, 7) is -0.490. The zero-order valence-electron chi connectivity index (χ0n) is 16.1. The maximum atomic E-state index is 13.9. The second kappa shape index (κ2) is 7.88. The molecule has 1 atom stereocenters. The van der Waals surface area contributed by atoms with Gasteiger partial charge in [0.15, 0.2) is 0 Å². The van der Waals surface area contributed by atoms with Crippen LogP contribution in [0, 0.1) is 0 Å². The van der Waals surface area contributed by atoms with E-state index in [2.05, 4.69) is 0 Å². The molecule has 11 heteroatoms. The molecule has 3 amide bonds. The summed E-state index contributed by atoms with van der Waals surface area (Å²) in [5, 5.41) is 1.78. The number of alkyl halides is 6. The molecule has 1 fully saturated rings. The third-order valence-electron chi connectivity index (χ3n) is 4.85. The number of nitrogens with zero attached hydrogens (tertiary/aromatic N) is 2. The van der Waals surface area contributed by atoms with E-state index in [0.29, 0.717) is 10.5 Å². The first kappa shape index (κ1) is 22.6. The van der Waals surface area contributed by atoms with Gasteiger partial charge in [-0.05, 0) is 30.3 Å². The zero-order chi connectivity index (χ0) is 23.0. The number of hydrogen-bond donors (Lipinski definition) is 1. The fraction of sp³-hybridized carbons (Fsp3) is 0.300. The Kier molecular flexibility index (Phi) is 5.74. The van der Waals surface area contributed by atoms with Crippen molar-refractivity contribution in [2.45, 2.75) is 24.4 Å². The highest BCUT2D eigenvalue weighted by Gasteiger charge is 2.68. The Labute approximate surface area is 173 Å². The normalized spacial score (nSPS) is 19.8. The van der Waals surface area contributed by atoms with Crippen molar-refractivity contribution >= 4 is 11.9 Å². The van der Waals surface area contributed by atoms with Gasteiger partial charge in [0.05, 0.1) is 12.2 Å². The van der Waals surface area contributed by atoms with Crippen LogP contribution in [-0.4, -0.2) is 41.6 Å². The summed E-state index contributed by atoms with van der Waals surface area (Å²) in [4.78, 5) is 26.9. The fourth-order valence-electron chi connectivity index (χ4n) is 3.35. The van der Waals surface area contributed by atoms with Gasteiger partial charge in [-0.2, -0.15) is 26.3 Å². The number of benzene rings is 2. The van der Waals surface area contributed by atoms with E-state index in [1.165, 1.54) is 42.3 Å². The Morgan fingerprint density at radius 3 is 2.03 bits per heavy atom. The zero-order valence-corrected chi connectivity index (χ0v) is 16.1. The first-order chi connectivity index (χ1) is 14.4. The smallest absolute Gasteiger partial charge is 0.312 e. The number of nitrogens with one attached hydrogen (secondary N) is 1. The molecule has 0 radical (unpaired) electrons. The fourth-order valence-corrected chi connectivity index (χ4v) is 3.35. The van der Waals surface area contributed by atoms with Crippen LogP contribution in [0.15, 0.2) is 54.6 Å². The summed E-state index contributed by atoms with van der Waals surface area (Å²) in [5.41, 5.74) is -4.05. The largest absolute Gasteiger partial charge is 0.425 e. The highest BCUT2D eigenvalue weighted by molar-refractivity contribution is 6.08. The Bertz CT molecular complexity index is 960. The van der Waals surface area contributed by atoms with Gasteiger partial charge in [-0.1, -0.05) is 42.5 Å². The number of urea groups is 1. The Hall–Kier alpha value is -3.08. The molecule has 1 aliphatic rings. The maximum Gasteiger partial charge on any atom is 0.425 e. The van der Waals surface area contributed by atoms with Gasteiger partial charge in [-0.3, -0.25) is 9.69 Å². The standard InChI is InChI=1S/C20H17F6N3O2/c1-28(11-13-7-9-15(10-8-13)19(21,22)23)12-29-16(30)18(20(24,25)26,27-17(29)31)14-5-3-2-4-6-14/h2-10H,11-12H2,1H3,(H,27,31). The predicted octanol–water partition coefficient (Wildman–Crippen LogP) is 4.10. The average Bonchev–Trinajstić information content (AvgIpc) is 2.94. The SMILES string of the molecule is CN(Cc1ccc(C(F)(F)F)cc1)CN1C(=O)NC(c2ccccc2)(C(F)(F)F)C1=O. The first-order valence-corrected chi connectivity index (χ1v) is 8.97. The molecule has 1 aliphatic heterocycles. The molecule has 166 valence electrons. The van der Waals surface area contributed by atoms with Crippen LogP contribution in [0.25, 0.3) is 0 Å². The van der Waals surface area contributed by atoms with E-state index < -0.39 is 47.6 Å². The molecule has 5 nitrogen and oxygen atoms in total. The van der Waals surface area contributed by atoms with E-state index >= 15 is 0 Å². The van der Waals surface area contributed by atoms with Crippen molar-refractivity contribution in [2.75, 3.05) is 13.7 Å². The lowest BCUT2D eigenvalue weighted by Gasteiger charge is -2.30. The van der Waals surface area contributed by atoms with Crippen LogP contribution in [0.3, 0.4) is 0 Å². The van der Waals surface area contributed by atoms with E-state index in [-0.39, 0.29) is 6.54 Å². The van der Waals surface area contributed by atoms with Crippen LogP contribution < -0.4 is 5.32 Å². The lowest BCUT2D eigenvalue weighted by molar-refractivity contribution is -0.198. The molecule has 31 heavy (non-hydrogen) atoms. The number of hydrogen-bond acceptors (Lipinski definition) is 3. The maximum absolute atomic E-state index is 13.9. The summed E-state index contributed by atoms with van der Waals surface area (Å²) in [7, 11) is 1.42. The number of rotatable bonds is 5. The summed E-state index contributed by atoms with van der Waals surface area (Å²) in [5.74, 6) is -1.48. The van der Waals surface area contributed by atoms with E-state index in [1.54, 1.807) is 5.32 Å². The quantitative estimate of drug-likeness (QED) is 0.557. The topological polar surface area (TPSA) is 52.6 Å². The second-order valence-electron chi connectivity index (χ2n) is 7.13. The van der Waals surface area contributed by atoms with Gasteiger partial charge in [0.25, 0.3) is 5.91 Å². The predicted molar refractivity (Wildman–Crippen MR) is 97.3 cm³/mol. The highest BCUT2D eigenvalue weighted by Crippen LogP contribution is 2.43. The van der Waals surface area contributed by atoms with Gasteiger partial charge in [0.2, 0.25) is 5.54 Å². The Morgan fingerprint density at radius 2 is 1.52 bits per heavy atom. The molecule has 0 saturated carbocycles. The number of imide groups is 1. The summed E-state index contributed by atoms with van der Waals surface area (Å²) < 4.78 is 79.8. The first-order valence-electron chi connectivity index (χ1n) is 8.97. The molecule has 0 bridgehead atoms. The third kappa shape index (κ3) is 4.22. The van der Waals surface area contributed by atoms with Crippen molar-refractivity contribution in [3.05, 3.63) is 71.3 Å². The van der Waals surface area contributed by atoms with Gasteiger partial charge in [-0.25, -0.2) is 9.69 Å². The monoisotopic (exact) mass is 445 g/mol. The van der Waals surface area contributed by atoms with Gasteiger partial charge in [-0.15, -0.1) is 0 Å². The molecule has 1 unspecified atom stereocenters. The molecule has 1 heterocycles. The molecular formula is C20H17F6N3O2. The summed E-state index contributed by atoms with van der Waals surface area (Å²) in [6, 6.07) is 9.29. The van der Waals surface area contributed by atoms with Crippen molar-refractivity contribution in [1.29, 1.82) is 0 Å². The number of carbonyl (C=O) groups is 2. The minimum atomic E-state index is -5.10. The van der Waals surface area contributed by atoms with Crippen LogP contribution in [0.1, 0.15) is 16.7 Å². The van der Waals surface area contributed by atoms with Crippen molar-refractivity contribution in [2.24, 2.45) is 0 Å². The van der Waals surface area contributed by atoms with Crippen molar-refractivity contribution in [1.82, 2.24) is 15.1 Å². The molecule has 0 spiro atoms. The van der Waals surface area contributed by atoms with E-state index in [4.69, 9.17) is 0 Å². The lowest BCUT2D eigenvalue weighted by atomic mass is 9.89. The Balaban J connectivity index is 1.79. The van der Waals surface area contributed by atoms with Crippen molar-refractivity contribution < 1.29 is 35.9 Å². The van der Waals surface area contributed by atoms with E-state index in [0.717, 1.165) is 24.3 Å². The minimum Gasteiger partial charge on any atom is -0.312 e. The average molecular weight is 445 g/mol.